The van der Waals surface area contributed by atoms with Crippen LogP contribution in [0.25, 0.3) is 0 Å². The van der Waals surface area contributed by atoms with Crippen molar-refractivity contribution in [3.63, 3.8) is 0 Å². The molecule has 19 heavy (non-hydrogen) atoms. The predicted molar refractivity (Wildman–Crippen MR) is 78.1 cm³/mol. The molecular formula is C15H20ClNO2. The maximum Gasteiger partial charge on any atom is 0.337 e. The molecule has 2 N–H and O–H groups in total. The van der Waals surface area contributed by atoms with Gasteiger partial charge < -0.3 is 10.4 Å². The summed E-state index contributed by atoms with van der Waals surface area (Å²) in [4.78, 5) is 11.1. The summed E-state index contributed by atoms with van der Waals surface area (Å²) in [6.45, 7) is 2.30. The summed E-state index contributed by atoms with van der Waals surface area (Å²) >= 11 is 5.87. The standard InChI is InChI=1S/C15H20ClNO2/c1-10-3-2-4-11(6-5-10)17-12-7-8-14(16)13(9-12)15(18)19/h7-11,17H,2-6H2,1H3,(H,18,19). The van der Waals surface area contributed by atoms with Crippen LogP contribution in [0.3, 0.4) is 0 Å². The van der Waals surface area contributed by atoms with Gasteiger partial charge in [-0.25, -0.2) is 4.79 Å². The molecule has 1 aromatic rings. The molecule has 2 unspecified atom stereocenters. The molecule has 0 heterocycles. The van der Waals surface area contributed by atoms with Gasteiger partial charge in [-0.1, -0.05) is 31.4 Å². The number of carboxylic acids is 1. The molecule has 1 fully saturated rings. The van der Waals surface area contributed by atoms with Gasteiger partial charge in [-0.2, -0.15) is 0 Å². The van der Waals surface area contributed by atoms with Crippen LogP contribution in [0.15, 0.2) is 18.2 Å². The second-order valence-electron chi connectivity index (χ2n) is 5.45. The number of aromatic carboxylic acids is 1. The van der Waals surface area contributed by atoms with E-state index in [-0.39, 0.29) is 10.6 Å². The monoisotopic (exact) mass is 281 g/mol. The Morgan fingerprint density at radius 1 is 1.32 bits per heavy atom. The van der Waals surface area contributed by atoms with Crippen LogP contribution < -0.4 is 5.32 Å². The molecule has 104 valence electrons. The van der Waals surface area contributed by atoms with E-state index in [4.69, 9.17) is 16.7 Å². The topological polar surface area (TPSA) is 49.3 Å². The second kappa shape index (κ2) is 6.29. The summed E-state index contributed by atoms with van der Waals surface area (Å²) in [5.41, 5.74) is 1.01. The first-order valence-corrected chi connectivity index (χ1v) is 7.23. The van der Waals surface area contributed by atoms with Crippen LogP contribution in [0.4, 0.5) is 5.69 Å². The molecular weight excluding hydrogens is 262 g/mol. The number of anilines is 1. The Bertz CT molecular complexity index is 461. The molecule has 0 bridgehead atoms. The number of carbonyl (C=O) groups is 1. The zero-order valence-electron chi connectivity index (χ0n) is 11.2. The lowest BCUT2D eigenvalue weighted by molar-refractivity contribution is 0.0697. The highest BCUT2D eigenvalue weighted by atomic mass is 35.5. The smallest absolute Gasteiger partial charge is 0.337 e. The van der Waals surface area contributed by atoms with Gasteiger partial charge in [-0.05, 0) is 43.4 Å². The SMILES string of the molecule is CC1CCCC(Nc2ccc(Cl)c(C(=O)O)c2)CC1. The number of nitrogens with one attached hydrogen (secondary N) is 1. The zero-order valence-corrected chi connectivity index (χ0v) is 11.9. The van der Waals surface area contributed by atoms with Crippen molar-refractivity contribution in [3.05, 3.63) is 28.8 Å². The number of hydrogen-bond donors (Lipinski definition) is 2. The molecule has 0 spiro atoms. The molecule has 4 heteroatoms. The predicted octanol–water partition coefficient (Wildman–Crippen LogP) is 4.42. The van der Waals surface area contributed by atoms with Crippen molar-refractivity contribution < 1.29 is 9.90 Å². The molecule has 0 aromatic heterocycles. The second-order valence-corrected chi connectivity index (χ2v) is 5.86. The lowest BCUT2D eigenvalue weighted by atomic mass is 10.0. The normalized spacial score (nSPS) is 23.7. The third kappa shape index (κ3) is 3.87. The van der Waals surface area contributed by atoms with E-state index < -0.39 is 5.97 Å². The van der Waals surface area contributed by atoms with Gasteiger partial charge >= 0.3 is 5.97 Å². The van der Waals surface area contributed by atoms with E-state index in [1.807, 2.05) is 6.07 Å². The first-order chi connectivity index (χ1) is 9.06. The van der Waals surface area contributed by atoms with Crippen LogP contribution in [0.5, 0.6) is 0 Å². The fourth-order valence-electron chi connectivity index (χ4n) is 2.65. The summed E-state index contributed by atoms with van der Waals surface area (Å²) in [7, 11) is 0. The summed E-state index contributed by atoms with van der Waals surface area (Å²) in [5, 5.41) is 12.8. The van der Waals surface area contributed by atoms with Gasteiger partial charge in [0.15, 0.2) is 0 Å². The average Bonchev–Trinajstić information content (AvgIpc) is 2.56. The van der Waals surface area contributed by atoms with E-state index in [0.717, 1.165) is 24.4 Å². The van der Waals surface area contributed by atoms with E-state index >= 15 is 0 Å². The minimum Gasteiger partial charge on any atom is -0.478 e. The molecule has 0 amide bonds. The van der Waals surface area contributed by atoms with Crippen molar-refractivity contribution in [3.8, 4) is 0 Å². The van der Waals surface area contributed by atoms with E-state index in [1.54, 1.807) is 12.1 Å². The molecule has 0 saturated heterocycles. The number of benzene rings is 1. The fraction of sp³-hybridized carbons (Fsp3) is 0.533. The van der Waals surface area contributed by atoms with Crippen molar-refractivity contribution in [2.75, 3.05) is 5.32 Å². The van der Waals surface area contributed by atoms with Crippen molar-refractivity contribution in [2.45, 2.75) is 45.1 Å². The van der Waals surface area contributed by atoms with Crippen LogP contribution in [0.1, 0.15) is 49.4 Å². The molecule has 2 rings (SSSR count). The fourth-order valence-corrected chi connectivity index (χ4v) is 2.84. The van der Waals surface area contributed by atoms with Crippen LogP contribution in [0.2, 0.25) is 5.02 Å². The minimum atomic E-state index is -0.983. The molecule has 3 nitrogen and oxygen atoms in total. The van der Waals surface area contributed by atoms with Crippen molar-refractivity contribution >= 4 is 23.3 Å². The largest absolute Gasteiger partial charge is 0.478 e. The number of carboxylic acid groups (broad SMARTS) is 1. The lowest BCUT2D eigenvalue weighted by Gasteiger charge is -2.18. The van der Waals surface area contributed by atoms with Crippen molar-refractivity contribution in [1.82, 2.24) is 0 Å². The Kier molecular flexibility index (Phi) is 4.70. The number of hydrogen-bond acceptors (Lipinski definition) is 2. The van der Waals surface area contributed by atoms with Crippen LogP contribution in [-0.4, -0.2) is 17.1 Å². The highest BCUT2D eigenvalue weighted by molar-refractivity contribution is 6.33. The summed E-state index contributed by atoms with van der Waals surface area (Å²) < 4.78 is 0. The van der Waals surface area contributed by atoms with Gasteiger partial charge in [0.1, 0.15) is 0 Å². The minimum absolute atomic E-state index is 0.161. The molecule has 1 saturated carbocycles. The molecule has 0 aliphatic heterocycles. The van der Waals surface area contributed by atoms with Crippen LogP contribution in [-0.2, 0) is 0 Å². The van der Waals surface area contributed by atoms with Gasteiger partial charge in [0, 0.05) is 11.7 Å². The summed E-state index contributed by atoms with van der Waals surface area (Å²) in [6, 6.07) is 5.56. The maximum atomic E-state index is 11.1. The molecule has 1 aliphatic rings. The highest BCUT2D eigenvalue weighted by Crippen LogP contribution is 2.26. The van der Waals surface area contributed by atoms with Gasteiger partial charge in [-0.15, -0.1) is 0 Å². The molecule has 2 atom stereocenters. The number of rotatable bonds is 3. The van der Waals surface area contributed by atoms with E-state index in [2.05, 4.69) is 12.2 Å². The first kappa shape index (κ1) is 14.2. The van der Waals surface area contributed by atoms with Gasteiger partial charge in [0.05, 0.1) is 10.6 Å². The van der Waals surface area contributed by atoms with Crippen LogP contribution in [0, 0.1) is 5.92 Å². The average molecular weight is 282 g/mol. The van der Waals surface area contributed by atoms with E-state index in [1.165, 1.54) is 19.3 Å². The molecule has 1 aliphatic carbocycles. The number of halogens is 1. The Hall–Kier alpha value is -1.22. The summed E-state index contributed by atoms with van der Waals surface area (Å²) in [6.07, 6.45) is 6.05. The Morgan fingerprint density at radius 3 is 2.84 bits per heavy atom. The quantitative estimate of drug-likeness (QED) is 0.807. The Balaban J connectivity index is 2.06. The highest BCUT2D eigenvalue weighted by Gasteiger charge is 2.17. The van der Waals surface area contributed by atoms with Gasteiger partial charge in [-0.3, -0.25) is 0 Å². The van der Waals surface area contributed by atoms with Crippen molar-refractivity contribution in [2.24, 2.45) is 5.92 Å². The Morgan fingerprint density at radius 2 is 2.11 bits per heavy atom. The zero-order chi connectivity index (χ0) is 13.8. The lowest BCUT2D eigenvalue weighted by Crippen LogP contribution is -2.18. The molecule has 0 radical (unpaired) electrons. The molecule has 1 aromatic carbocycles. The maximum absolute atomic E-state index is 11.1. The summed E-state index contributed by atoms with van der Waals surface area (Å²) in [5.74, 6) is -0.185. The van der Waals surface area contributed by atoms with Gasteiger partial charge in [0.2, 0.25) is 0 Å². The van der Waals surface area contributed by atoms with Crippen LogP contribution >= 0.6 is 11.6 Å². The Labute approximate surface area is 119 Å². The first-order valence-electron chi connectivity index (χ1n) is 6.85. The van der Waals surface area contributed by atoms with Crippen molar-refractivity contribution in [1.29, 1.82) is 0 Å². The van der Waals surface area contributed by atoms with Gasteiger partial charge in [0.25, 0.3) is 0 Å². The van der Waals surface area contributed by atoms with E-state index in [9.17, 15) is 4.79 Å². The third-order valence-corrected chi connectivity index (χ3v) is 4.15. The third-order valence-electron chi connectivity index (χ3n) is 3.82. The van der Waals surface area contributed by atoms with E-state index in [0.29, 0.717) is 6.04 Å².